The molecule has 1 atom stereocenters. The van der Waals surface area contributed by atoms with E-state index in [-0.39, 0.29) is 18.2 Å². The van der Waals surface area contributed by atoms with Gasteiger partial charge in [-0.25, -0.2) is 17.9 Å². The van der Waals surface area contributed by atoms with E-state index in [2.05, 4.69) is 14.8 Å². The Morgan fingerprint density at radius 3 is 2.88 bits per heavy atom. The van der Waals surface area contributed by atoms with Gasteiger partial charge < -0.3 is 10.1 Å². The molecule has 8 heteroatoms. The molecule has 1 fully saturated rings. The largest absolute Gasteiger partial charge is 0.465 e. The lowest BCUT2D eigenvalue weighted by atomic mass is 9.96. The first kappa shape index (κ1) is 20.9. The predicted octanol–water partition coefficient (Wildman–Crippen LogP) is 1.70. The van der Waals surface area contributed by atoms with Crippen molar-refractivity contribution in [2.24, 2.45) is 5.92 Å². The van der Waals surface area contributed by atoms with Gasteiger partial charge in [0.05, 0.1) is 18.4 Å². The summed E-state index contributed by atoms with van der Waals surface area (Å²) in [4.78, 5) is 11.5. The summed E-state index contributed by atoms with van der Waals surface area (Å²) in [5.41, 5.74) is 0.924. The lowest BCUT2D eigenvalue weighted by Gasteiger charge is -2.22. The van der Waals surface area contributed by atoms with Crippen molar-refractivity contribution in [1.82, 2.24) is 10.0 Å². The Labute approximate surface area is 149 Å². The van der Waals surface area contributed by atoms with E-state index in [1.807, 2.05) is 0 Å². The molecule has 24 heavy (non-hydrogen) atoms. The van der Waals surface area contributed by atoms with Gasteiger partial charge in [-0.05, 0) is 56.0 Å². The molecule has 0 amide bonds. The number of nitrogens with one attached hydrogen (secondary N) is 2. The molecule has 1 aromatic rings. The summed E-state index contributed by atoms with van der Waals surface area (Å²) in [6, 6.07) is 6.50. The molecule has 1 aromatic carbocycles. The monoisotopic (exact) mass is 376 g/mol. The third kappa shape index (κ3) is 6.76. The van der Waals surface area contributed by atoms with Crippen molar-refractivity contribution in [2.45, 2.75) is 25.0 Å². The van der Waals surface area contributed by atoms with Gasteiger partial charge in [-0.2, -0.15) is 0 Å². The molecule has 0 bridgehead atoms. The van der Waals surface area contributed by atoms with Crippen LogP contribution in [0, 0.1) is 5.92 Å². The summed E-state index contributed by atoms with van der Waals surface area (Å²) < 4.78 is 31.6. The second kappa shape index (κ2) is 9.98. The van der Waals surface area contributed by atoms with Crippen LogP contribution in [0.3, 0.4) is 0 Å². The van der Waals surface area contributed by atoms with E-state index in [4.69, 9.17) is 0 Å². The van der Waals surface area contributed by atoms with E-state index >= 15 is 0 Å². The van der Waals surface area contributed by atoms with E-state index < -0.39 is 16.0 Å². The average Bonchev–Trinajstić information content (AvgIpc) is 2.54. The van der Waals surface area contributed by atoms with Gasteiger partial charge in [0.2, 0.25) is 10.0 Å². The molecule has 0 saturated carbocycles. The maximum atomic E-state index is 12.1. The average molecular weight is 377 g/mol. The molecule has 2 N–H and O–H groups in total. The Morgan fingerprint density at radius 1 is 1.42 bits per heavy atom. The number of hydrogen-bond donors (Lipinski definition) is 2. The van der Waals surface area contributed by atoms with Crippen LogP contribution in [0.15, 0.2) is 24.3 Å². The minimum atomic E-state index is -3.41. The maximum Gasteiger partial charge on any atom is 0.337 e. The molecule has 1 unspecified atom stereocenters. The van der Waals surface area contributed by atoms with Crippen LogP contribution in [0.2, 0.25) is 0 Å². The van der Waals surface area contributed by atoms with Gasteiger partial charge >= 0.3 is 5.97 Å². The fraction of sp³-hybridized carbons (Fsp3) is 0.562. The first-order chi connectivity index (χ1) is 11.0. The van der Waals surface area contributed by atoms with E-state index in [9.17, 15) is 13.2 Å². The summed E-state index contributed by atoms with van der Waals surface area (Å²) in [5.74, 6) is -0.0723. The quantitative estimate of drug-likeness (QED) is 0.707. The highest BCUT2D eigenvalue weighted by Crippen LogP contribution is 2.14. The van der Waals surface area contributed by atoms with Crippen molar-refractivity contribution >= 4 is 28.4 Å². The zero-order valence-corrected chi connectivity index (χ0v) is 15.4. The van der Waals surface area contributed by atoms with Crippen LogP contribution in [0.25, 0.3) is 0 Å². The van der Waals surface area contributed by atoms with Gasteiger partial charge in [0.15, 0.2) is 0 Å². The number of piperidine rings is 1. The number of ether oxygens (including phenoxy) is 1. The van der Waals surface area contributed by atoms with Crippen LogP contribution in [0.4, 0.5) is 0 Å². The molecule has 0 aromatic heterocycles. The van der Waals surface area contributed by atoms with Gasteiger partial charge in [0, 0.05) is 6.54 Å². The van der Waals surface area contributed by atoms with Crippen LogP contribution in [-0.2, 0) is 20.5 Å². The number of benzene rings is 1. The summed E-state index contributed by atoms with van der Waals surface area (Å²) in [5, 5.41) is 3.32. The third-order valence-electron chi connectivity index (χ3n) is 3.98. The van der Waals surface area contributed by atoms with E-state index in [1.54, 1.807) is 24.3 Å². The second-order valence-corrected chi connectivity index (χ2v) is 7.65. The Bertz CT molecular complexity index is 631. The number of methoxy groups -OCH3 is 1. The fourth-order valence-corrected chi connectivity index (χ4v) is 3.91. The van der Waals surface area contributed by atoms with Crippen molar-refractivity contribution in [1.29, 1.82) is 0 Å². The van der Waals surface area contributed by atoms with Gasteiger partial charge in [-0.1, -0.05) is 12.1 Å². The van der Waals surface area contributed by atoms with Crippen molar-refractivity contribution in [3.63, 3.8) is 0 Å². The van der Waals surface area contributed by atoms with Crippen LogP contribution in [0.5, 0.6) is 0 Å². The summed E-state index contributed by atoms with van der Waals surface area (Å²) in [7, 11) is -2.11. The maximum absolute atomic E-state index is 12.1. The number of carbonyl (C=O) groups excluding carboxylic acids is 1. The Balaban J connectivity index is 0.00000288. The summed E-state index contributed by atoms with van der Waals surface area (Å²) >= 11 is 0. The Hall–Kier alpha value is -1.15. The molecule has 136 valence electrons. The Kier molecular flexibility index (Phi) is 8.69. The van der Waals surface area contributed by atoms with Crippen molar-refractivity contribution in [3.8, 4) is 0 Å². The molecule has 1 saturated heterocycles. The number of hydrogen-bond acceptors (Lipinski definition) is 5. The number of rotatable bonds is 7. The van der Waals surface area contributed by atoms with Crippen LogP contribution >= 0.6 is 12.4 Å². The highest BCUT2D eigenvalue weighted by atomic mass is 35.5. The molecule has 1 aliphatic heterocycles. The van der Waals surface area contributed by atoms with Crippen molar-refractivity contribution in [2.75, 3.05) is 26.7 Å². The molecular weight excluding hydrogens is 352 g/mol. The van der Waals surface area contributed by atoms with Gasteiger partial charge in [-0.3, -0.25) is 0 Å². The second-order valence-electron chi connectivity index (χ2n) is 5.85. The lowest BCUT2D eigenvalue weighted by Crippen LogP contribution is -2.33. The predicted molar refractivity (Wildman–Crippen MR) is 95.9 cm³/mol. The first-order valence-electron chi connectivity index (χ1n) is 7.85. The van der Waals surface area contributed by atoms with Crippen LogP contribution in [-0.4, -0.2) is 41.1 Å². The van der Waals surface area contributed by atoms with E-state index in [0.717, 1.165) is 32.4 Å². The molecule has 1 aliphatic rings. The molecule has 0 radical (unpaired) electrons. The zero-order valence-electron chi connectivity index (χ0n) is 13.8. The highest BCUT2D eigenvalue weighted by molar-refractivity contribution is 7.88. The van der Waals surface area contributed by atoms with Gasteiger partial charge in [0.1, 0.15) is 0 Å². The molecule has 0 aliphatic carbocycles. The van der Waals surface area contributed by atoms with E-state index in [1.165, 1.54) is 7.11 Å². The first-order valence-corrected chi connectivity index (χ1v) is 9.51. The van der Waals surface area contributed by atoms with Crippen LogP contribution in [0.1, 0.15) is 35.2 Å². The lowest BCUT2D eigenvalue weighted by molar-refractivity contribution is 0.0600. The topological polar surface area (TPSA) is 84.5 Å². The fourth-order valence-electron chi connectivity index (χ4n) is 2.77. The third-order valence-corrected chi connectivity index (χ3v) is 5.34. The van der Waals surface area contributed by atoms with E-state index in [0.29, 0.717) is 23.6 Å². The zero-order chi connectivity index (χ0) is 16.7. The SMILES string of the molecule is COC(=O)c1cccc(CS(=O)(=O)NCCC2CCCNC2)c1.Cl. The summed E-state index contributed by atoms with van der Waals surface area (Å²) in [6.07, 6.45) is 3.14. The number of sulfonamides is 1. The Morgan fingerprint density at radius 2 is 2.21 bits per heavy atom. The number of carbonyl (C=O) groups is 1. The van der Waals surface area contributed by atoms with Gasteiger partial charge in [-0.15, -0.1) is 12.4 Å². The number of esters is 1. The van der Waals surface area contributed by atoms with Crippen molar-refractivity contribution in [3.05, 3.63) is 35.4 Å². The molecule has 6 nitrogen and oxygen atoms in total. The minimum absolute atomic E-state index is 0. The van der Waals surface area contributed by atoms with Crippen LogP contribution < -0.4 is 10.0 Å². The molecule has 0 spiro atoms. The highest BCUT2D eigenvalue weighted by Gasteiger charge is 2.16. The normalized spacial score (nSPS) is 17.8. The minimum Gasteiger partial charge on any atom is -0.465 e. The van der Waals surface area contributed by atoms with Gasteiger partial charge in [0.25, 0.3) is 0 Å². The molecular formula is C16H25ClN2O4S. The molecule has 1 heterocycles. The summed E-state index contributed by atoms with van der Waals surface area (Å²) in [6.45, 7) is 2.47. The standard InChI is InChI=1S/C16H24N2O4S.ClH/c1-22-16(19)15-6-2-4-14(10-15)12-23(20,21)18-9-7-13-5-3-8-17-11-13;/h2,4,6,10,13,17-18H,3,5,7-9,11-12H2,1H3;1H. The van der Waals surface area contributed by atoms with Crippen molar-refractivity contribution < 1.29 is 17.9 Å². The smallest absolute Gasteiger partial charge is 0.337 e. The number of halogens is 1. The molecule has 2 rings (SSSR count).